The average molecular weight is 692 g/mol. The monoisotopic (exact) mass is 690 g/mol. The van der Waals surface area contributed by atoms with Crippen molar-refractivity contribution in [1.82, 2.24) is 5.32 Å². The van der Waals surface area contributed by atoms with Gasteiger partial charge in [0.25, 0.3) is 0 Å². The molecule has 0 radical (unpaired) electrons. The minimum absolute atomic E-state index is 0.0460. The van der Waals surface area contributed by atoms with E-state index in [1.165, 1.54) is 56.6 Å². The number of rotatable bonds is 14. The molecule has 0 saturated heterocycles. The zero-order valence-corrected chi connectivity index (χ0v) is 26.5. The number of thiophene rings is 1. The van der Waals surface area contributed by atoms with E-state index >= 15 is 0 Å². The van der Waals surface area contributed by atoms with E-state index in [1.807, 2.05) is 6.07 Å². The van der Waals surface area contributed by atoms with Crippen molar-refractivity contribution in [2.75, 3.05) is 7.11 Å². The molecule has 0 spiro atoms. The van der Waals surface area contributed by atoms with Gasteiger partial charge in [0.1, 0.15) is 11.8 Å². The molecule has 0 fully saturated rings. The summed E-state index contributed by atoms with van der Waals surface area (Å²) in [7, 11) is 1.43. The van der Waals surface area contributed by atoms with Gasteiger partial charge in [0.05, 0.1) is 27.4 Å². The molecule has 232 valence electrons. The molecule has 0 saturated carbocycles. The number of ether oxygens (including phenoxy) is 1. The van der Waals surface area contributed by atoms with Crippen LogP contribution in [0.2, 0.25) is 0 Å². The first-order valence-electron chi connectivity index (χ1n) is 13.6. The number of amides is 1. The fourth-order valence-electron chi connectivity index (χ4n) is 4.68. The summed E-state index contributed by atoms with van der Waals surface area (Å²) in [5.41, 5.74) is 1.23. The van der Waals surface area contributed by atoms with Gasteiger partial charge in [0.2, 0.25) is 11.7 Å². The predicted octanol–water partition coefficient (Wildman–Crippen LogP) is 7.04. The number of nitrogens with one attached hydrogen (secondary N) is 1. The van der Waals surface area contributed by atoms with E-state index in [1.54, 1.807) is 36.4 Å². The number of hydrogen-bond acceptors (Lipinski definition) is 7. The van der Waals surface area contributed by atoms with Gasteiger partial charge in [-0.1, -0.05) is 38.1 Å². The summed E-state index contributed by atoms with van der Waals surface area (Å²) >= 11 is 4.52. The maximum absolute atomic E-state index is 13.8. The van der Waals surface area contributed by atoms with Crippen LogP contribution in [0.1, 0.15) is 59.1 Å². The Bertz CT molecular complexity index is 1550. The number of hydrogen-bond donors (Lipinski definition) is 1. The highest BCUT2D eigenvalue weighted by molar-refractivity contribution is 9.11. The smallest absolute Gasteiger partial charge is 0.450 e. The summed E-state index contributed by atoms with van der Waals surface area (Å²) in [5.74, 6) is -6.81. The van der Waals surface area contributed by atoms with E-state index in [4.69, 9.17) is 4.74 Å². The molecule has 44 heavy (non-hydrogen) atoms. The Kier molecular flexibility index (Phi) is 12.0. The first-order valence-corrected chi connectivity index (χ1v) is 15.2. The maximum atomic E-state index is 13.8. The second-order valence-corrected chi connectivity index (χ2v) is 13.0. The molecule has 0 aliphatic carbocycles. The molecule has 0 bridgehead atoms. The fraction of sp³-hybridized carbons (Fsp3) is 0.344. The Labute approximate surface area is 265 Å². The molecule has 1 amide bonds. The highest BCUT2D eigenvalue weighted by atomic mass is 79.9. The van der Waals surface area contributed by atoms with Gasteiger partial charge in [-0.25, -0.2) is 0 Å². The lowest BCUT2D eigenvalue weighted by Gasteiger charge is -2.26. The van der Waals surface area contributed by atoms with Crippen molar-refractivity contribution < 1.29 is 37.1 Å². The third kappa shape index (κ3) is 9.34. The van der Waals surface area contributed by atoms with Gasteiger partial charge < -0.3 is 10.1 Å². The Hall–Kier alpha value is -3.82. The lowest BCUT2D eigenvalue weighted by atomic mass is 9.84. The molecule has 0 unspecified atom stereocenters. The molecule has 1 N–H and O–H groups in total. The summed E-state index contributed by atoms with van der Waals surface area (Å²) < 4.78 is 46.0. The second-order valence-electron chi connectivity index (χ2n) is 10.5. The van der Waals surface area contributed by atoms with Crippen LogP contribution in [0, 0.1) is 29.1 Å². The summed E-state index contributed by atoms with van der Waals surface area (Å²) in [6.07, 6.45) is -6.08. The lowest BCUT2D eigenvalue weighted by molar-refractivity contribution is -0.177. The van der Waals surface area contributed by atoms with Crippen molar-refractivity contribution in [3.05, 3.63) is 86.0 Å². The van der Waals surface area contributed by atoms with Gasteiger partial charge in [-0.3, -0.25) is 19.2 Å². The number of ketones is 3. The zero-order chi connectivity index (χ0) is 32.6. The Morgan fingerprint density at radius 1 is 1.02 bits per heavy atom. The summed E-state index contributed by atoms with van der Waals surface area (Å²) in [6, 6.07) is 16.5. The third-order valence-electron chi connectivity index (χ3n) is 7.09. The quantitative estimate of drug-likeness (QED) is 0.182. The van der Waals surface area contributed by atoms with Crippen LogP contribution in [-0.2, 0) is 20.8 Å². The number of methoxy groups -OCH3 is 1. The fourth-order valence-corrected chi connectivity index (χ4v) is 6.02. The molecule has 0 aliphatic rings. The summed E-state index contributed by atoms with van der Waals surface area (Å²) in [6.45, 7) is 2.84. The molecule has 7 nitrogen and oxygen atoms in total. The molecule has 0 aliphatic heterocycles. The van der Waals surface area contributed by atoms with Gasteiger partial charge in [-0.2, -0.15) is 18.4 Å². The van der Waals surface area contributed by atoms with Crippen LogP contribution in [-0.4, -0.2) is 36.5 Å². The van der Waals surface area contributed by atoms with Crippen molar-refractivity contribution in [3.8, 4) is 11.8 Å². The van der Waals surface area contributed by atoms with Gasteiger partial charge >= 0.3 is 6.18 Å². The van der Waals surface area contributed by atoms with Crippen LogP contribution in [0.5, 0.6) is 5.75 Å². The number of nitriles is 1. The molecule has 12 heteroatoms. The van der Waals surface area contributed by atoms with Crippen molar-refractivity contribution in [2.24, 2.45) is 17.8 Å². The van der Waals surface area contributed by atoms with Crippen LogP contribution in [0.4, 0.5) is 13.2 Å². The SMILES string of the molecule is COc1ccc([C@H](NC(=O)[C@@H](CC(=O)c2ccc(Br)s2)Cc2cccc(C#N)c2)C(=O)C[C@H](C(=O)C(F)(F)F)C(C)C)cc1. The zero-order valence-electron chi connectivity index (χ0n) is 24.1. The standard InChI is InChI=1S/C32H30BrF3N2O5S/c1-18(2)24(30(41)32(34,35)36)16-26(40)29(21-7-9-23(43-3)10-8-21)38-31(42)22(14-19-5-4-6-20(13-19)17-37)15-25(39)27-11-12-28(33)44-27/h4-13,18,22,24,29H,14-16H2,1-3H3,(H,38,42)/t22-,24+,29+/m1/s1. The van der Waals surface area contributed by atoms with Crippen molar-refractivity contribution >= 4 is 50.5 Å². The lowest BCUT2D eigenvalue weighted by Crippen LogP contribution is -2.41. The van der Waals surface area contributed by atoms with E-state index in [0.717, 1.165) is 3.79 Å². The van der Waals surface area contributed by atoms with E-state index < -0.39 is 53.9 Å². The molecule has 2 aromatic carbocycles. The molecule has 3 atom stereocenters. The average Bonchev–Trinajstić information content (AvgIpc) is 3.43. The molecule has 1 aromatic heterocycles. The second kappa shape index (κ2) is 15.3. The summed E-state index contributed by atoms with van der Waals surface area (Å²) in [5, 5.41) is 12.0. The first-order chi connectivity index (χ1) is 20.7. The first kappa shape index (κ1) is 34.7. The normalized spacial score (nSPS) is 13.4. The number of Topliss-reactive ketones (excluding diaryl/α,β-unsaturated/α-hetero) is 3. The van der Waals surface area contributed by atoms with Crippen molar-refractivity contribution in [1.29, 1.82) is 5.26 Å². The number of carbonyl (C=O) groups excluding carboxylic acids is 4. The number of halogens is 4. The number of alkyl halides is 3. The van der Waals surface area contributed by atoms with Gasteiger partial charge in [-0.15, -0.1) is 11.3 Å². The Morgan fingerprint density at radius 2 is 1.70 bits per heavy atom. The van der Waals surface area contributed by atoms with E-state index in [9.17, 15) is 37.6 Å². The Balaban J connectivity index is 1.97. The maximum Gasteiger partial charge on any atom is 0.450 e. The van der Waals surface area contributed by atoms with Crippen molar-refractivity contribution in [2.45, 2.75) is 45.3 Å². The molecular weight excluding hydrogens is 661 g/mol. The summed E-state index contributed by atoms with van der Waals surface area (Å²) in [4.78, 5) is 53.2. The van der Waals surface area contributed by atoms with E-state index in [0.29, 0.717) is 21.8 Å². The van der Waals surface area contributed by atoms with Crippen LogP contribution in [0.25, 0.3) is 0 Å². The topological polar surface area (TPSA) is 113 Å². The minimum Gasteiger partial charge on any atom is -0.497 e. The highest BCUT2D eigenvalue weighted by Crippen LogP contribution is 2.31. The van der Waals surface area contributed by atoms with Gasteiger partial charge in [-0.05, 0) is 75.8 Å². The van der Waals surface area contributed by atoms with Crippen LogP contribution in [0.15, 0.2) is 64.5 Å². The molecule has 3 aromatic rings. The number of carbonyl (C=O) groups is 4. The van der Waals surface area contributed by atoms with Crippen LogP contribution >= 0.6 is 27.3 Å². The molecular formula is C32H30BrF3N2O5S. The van der Waals surface area contributed by atoms with Crippen LogP contribution < -0.4 is 10.1 Å². The van der Waals surface area contributed by atoms with E-state index in [2.05, 4.69) is 21.2 Å². The van der Waals surface area contributed by atoms with E-state index in [-0.39, 0.29) is 24.2 Å². The highest BCUT2D eigenvalue weighted by Gasteiger charge is 2.45. The molecule has 1 heterocycles. The molecule has 3 rings (SSSR count). The van der Waals surface area contributed by atoms with Gasteiger partial charge in [0, 0.05) is 24.7 Å². The largest absolute Gasteiger partial charge is 0.497 e. The number of benzene rings is 2. The predicted molar refractivity (Wildman–Crippen MR) is 162 cm³/mol. The number of nitrogens with zero attached hydrogens (tertiary/aromatic N) is 1. The van der Waals surface area contributed by atoms with Crippen LogP contribution in [0.3, 0.4) is 0 Å². The third-order valence-corrected chi connectivity index (χ3v) is 8.75. The van der Waals surface area contributed by atoms with Gasteiger partial charge in [0.15, 0.2) is 11.6 Å². The van der Waals surface area contributed by atoms with Crippen molar-refractivity contribution in [3.63, 3.8) is 0 Å². The minimum atomic E-state index is -5.13. The Morgan fingerprint density at radius 3 is 2.25 bits per heavy atom.